The van der Waals surface area contributed by atoms with Crippen molar-refractivity contribution in [2.45, 2.75) is 6.42 Å². The molecular weight excluding hydrogens is 124 g/mol. The van der Waals surface area contributed by atoms with Crippen LogP contribution in [0.1, 0.15) is 5.56 Å². The van der Waals surface area contributed by atoms with Crippen molar-refractivity contribution in [2.24, 2.45) is 0 Å². The molecular formula is C8H11N2. The quantitative estimate of drug-likeness (QED) is 0.664. The van der Waals surface area contributed by atoms with Gasteiger partial charge in [0, 0.05) is 19.4 Å². The molecule has 2 heteroatoms. The summed E-state index contributed by atoms with van der Waals surface area (Å²) < 4.78 is 0. The average molecular weight is 135 g/mol. The number of rotatable bonds is 2. The van der Waals surface area contributed by atoms with Gasteiger partial charge < -0.3 is 5.32 Å². The van der Waals surface area contributed by atoms with E-state index >= 15 is 0 Å². The van der Waals surface area contributed by atoms with E-state index in [0.29, 0.717) is 0 Å². The van der Waals surface area contributed by atoms with E-state index in [1.54, 1.807) is 6.20 Å². The third kappa shape index (κ3) is 1.47. The molecule has 1 aromatic rings. The smallest absolute Gasteiger partial charge is 0.0526 e. The fourth-order valence-corrected chi connectivity index (χ4v) is 0.761. The van der Waals surface area contributed by atoms with E-state index in [4.69, 9.17) is 0 Å². The van der Waals surface area contributed by atoms with Crippen molar-refractivity contribution in [3.8, 4) is 0 Å². The van der Waals surface area contributed by atoms with E-state index in [2.05, 4.69) is 17.2 Å². The minimum absolute atomic E-state index is 0.794. The Hall–Kier alpha value is -1.05. The Kier molecular flexibility index (Phi) is 2.26. The van der Waals surface area contributed by atoms with Crippen LogP contribution in [0.3, 0.4) is 0 Å². The van der Waals surface area contributed by atoms with Crippen molar-refractivity contribution in [1.82, 2.24) is 4.98 Å². The fourth-order valence-electron chi connectivity index (χ4n) is 0.761. The summed E-state index contributed by atoms with van der Waals surface area (Å²) in [6, 6.07) is 2.04. The van der Waals surface area contributed by atoms with Gasteiger partial charge in [0.25, 0.3) is 0 Å². The first-order valence-corrected chi connectivity index (χ1v) is 3.27. The van der Waals surface area contributed by atoms with Crippen molar-refractivity contribution < 1.29 is 0 Å². The Morgan fingerprint density at radius 2 is 2.40 bits per heavy atom. The molecule has 2 nitrogen and oxygen atoms in total. The minimum atomic E-state index is 0.794. The molecule has 0 spiro atoms. The van der Waals surface area contributed by atoms with Crippen LogP contribution in [0.5, 0.6) is 0 Å². The van der Waals surface area contributed by atoms with Gasteiger partial charge in [-0.25, -0.2) is 0 Å². The Morgan fingerprint density at radius 1 is 1.60 bits per heavy atom. The molecule has 0 aliphatic carbocycles. The normalized spacial score (nSPS) is 9.40. The van der Waals surface area contributed by atoms with Gasteiger partial charge in [0.1, 0.15) is 0 Å². The summed E-state index contributed by atoms with van der Waals surface area (Å²) in [5.41, 5.74) is 2.20. The van der Waals surface area contributed by atoms with Gasteiger partial charge in [0.15, 0.2) is 0 Å². The second-order valence-electron chi connectivity index (χ2n) is 2.08. The lowest BCUT2D eigenvalue weighted by Crippen LogP contribution is -1.90. The molecule has 0 fully saturated rings. The monoisotopic (exact) mass is 135 g/mol. The number of nitrogens with one attached hydrogen (secondary N) is 1. The maximum atomic E-state index is 4.02. The molecule has 0 aliphatic heterocycles. The Labute approximate surface area is 61.3 Å². The maximum absolute atomic E-state index is 4.02. The van der Waals surface area contributed by atoms with E-state index < -0.39 is 0 Å². The predicted octanol–water partition coefficient (Wildman–Crippen LogP) is 1.50. The summed E-state index contributed by atoms with van der Waals surface area (Å²) in [7, 11) is 1.88. The number of hydrogen-bond acceptors (Lipinski definition) is 2. The lowest BCUT2D eigenvalue weighted by atomic mass is 10.2. The molecule has 0 aromatic carbocycles. The van der Waals surface area contributed by atoms with Gasteiger partial charge in [0.2, 0.25) is 0 Å². The van der Waals surface area contributed by atoms with Crippen LogP contribution in [0.15, 0.2) is 18.5 Å². The summed E-state index contributed by atoms with van der Waals surface area (Å²) >= 11 is 0. The first-order chi connectivity index (χ1) is 4.86. The zero-order valence-electron chi connectivity index (χ0n) is 6.09. The molecule has 0 saturated carbocycles. The van der Waals surface area contributed by atoms with Crippen molar-refractivity contribution in [3.05, 3.63) is 30.9 Å². The Bertz CT molecular complexity index is 189. The number of anilines is 1. The molecule has 0 aliphatic rings. The highest BCUT2D eigenvalue weighted by atomic mass is 14.8. The predicted molar refractivity (Wildman–Crippen MR) is 42.8 cm³/mol. The first-order valence-electron chi connectivity index (χ1n) is 3.27. The van der Waals surface area contributed by atoms with Crippen molar-refractivity contribution in [2.75, 3.05) is 12.4 Å². The third-order valence-electron chi connectivity index (χ3n) is 1.37. The number of pyridine rings is 1. The van der Waals surface area contributed by atoms with Crippen molar-refractivity contribution >= 4 is 5.69 Å². The molecule has 0 saturated heterocycles. The highest BCUT2D eigenvalue weighted by molar-refractivity contribution is 5.41. The fraction of sp³-hybridized carbons (Fsp3) is 0.250. The van der Waals surface area contributed by atoms with Gasteiger partial charge >= 0.3 is 0 Å². The Morgan fingerprint density at radius 3 is 3.00 bits per heavy atom. The molecule has 53 valence electrons. The van der Waals surface area contributed by atoms with E-state index in [0.717, 1.165) is 17.7 Å². The molecule has 1 radical (unpaired) electrons. The van der Waals surface area contributed by atoms with Crippen LogP contribution in [0, 0.1) is 6.92 Å². The second-order valence-corrected chi connectivity index (χ2v) is 2.08. The maximum Gasteiger partial charge on any atom is 0.0526 e. The first kappa shape index (κ1) is 7.06. The van der Waals surface area contributed by atoms with Crippen LogP contribution >= 0.6 is 0 Å². The topological polar surface area (TPSA) is 24.9 Å². The Balaban J connectivity index is 2.87. The van der Waals surface area contributed by atoms with E-state index in [9.17, 15) is 0 Å². The zero-order valence-corrected chi connectivity index (χ0v) is 6.09. The highest BCUT2D eigenvalue weighted by Crippen LogP contribution is 2.06. The second kappa shape index (κ2) is 3.20. The highest BCUT2D eigenvalue weighted by Gasteiger charge is 1.90. The zero-order chi connectivity index (χ0) is 7.40. The lowest BCUT2D eigenvalue weighted by molar-refractivity contribution is 1.19. The van der Waals surface area contributed by atoms with Gasteiger partial charge in [0.05, 0.1) is 5.69 Å². The molecule has 1 rings (SSSR count). The third-order valence-corrected chi connectivity index (χ3v) is 1.37. The van der Waals surface area contributed by atoms with Crippen LogP contribution in [0.4, 0.5) is 5.69 Å². The van der Waals surface area contributed by atoms with E-state index in [-0.39, 0.29) is 0 Å². The average Bonchev–Trinajstić information content (AvgIpc) is 2.05. The van der Waals surface area contributed by atoms with Crippen LogP contribution in [-0.4, -0.2) is 12.0 Å². The minimum Gasteiger partial charge on any atom is -0.387 e. The van der Waals surface area contributed by atoms with Crippen LogP contribution in [0.25, 0.3) is 0 Å². The molecule has 0 atom stereocenters. The van der Waals surface area contributed by atoms with Crippen LogP contribution < -0.4 is 5.32 Å². The molecule has 1 N–H and O–H groups in total. The standard InChI is InChI=1S/C8H11N2/c1-3-7-4-8(9-2)6-10-5-7/h4-6,9H,1,3H2,2H3. The van der Waals surface area contributed by atoms with Gasteiger partial charge in [-0.3, -0.25) is 4.98 Å². The van der Waals surface area contributed by atoms with Gasteiger partial charge in [-0.1, -0.05) is 0 Å². The van der Waals surface area contributed by atoms with Gasteiger partial charge in [-0.2, -0.15) is 0 Å². The molecule has 0 amide bonds. The summed E-state index contributed by atoms with van der Waals surface area (Å²) in [6.45, 7) is 3.76. The lowest BCUT2D eigenvalue weighted by Gasteiger charge is -1.99. The summed E-state index contributed by atoms with van der Waals surface area (Å²) in [6.07, 6.45) is 4.41. The van der Waals surface area contributed by atoms with Gasteiger partial charge in [-0.15, -0.1) is 0 Å². The van der Waals surface area contributed by atoms with Gasteiger partial charge in [-0.05, 0) is 25.0 Å². The SMILES string of the molecule is [CH2]Cc1cncc(NC)c1. The summed E-state index contributed by atoms with van der Waals surface area (Å²) in [5.74, 6) is 0. The van der Waals surface area contributed by atoms with E-state index in [1.807, 2.05) is 19.3 Å². The summed E-state index contributed by atoms with van der Waals surface area (Å²) in [4.78, 5) is 4.02. The number of hydrogen-bond donors (Lipinski definition) is 1. The number of aromatic nitrogens is 1. The molecule has 0 unspecified atom stereocenters. The molecule has 1 aromatic heterocycles. The number of nitrogens with zero attached hydrogens (tertiary/aromatic N) is 1. The molecule has 10 heavy (non-hydrogen) atoms. The molecule has 1 heterocycles. The van der Waals surface area contributed by atoms with Crippen molar-refractivity contribution in [1.29, 1.82) is 0 Å². The van der Waals surface area contributed by atoms with E-state index in [1.165, 1.54) is 0 Å². The largest absolute Gasteiger partial charge is 0.387 e. The van der Waals surface area contributed by atoms with Crippen molar-refractivity contribution in [3.63, 3.8) is 0 Å². The van der Waals surface area contributed by atoms with Crippen LogP contribution in [0.2, 0.25) is 0 Å². The van der Waals surface area contributed by atoms with Crippen LogP contribution in [-0.2, 0) is 6.42 Å². The molecule has 0 bridgehead atoms. The summed E-state index contributed by atoms with van der Waals surface area (Å²) in [5, 5.41) is 3.01.